The zero-order valence-electron chi connectivity index (χ0n) is 15.9. The Morgan fingerprint density at radius 1 is 1.33 bits per heavy atom. The van der Waals surface area contributed by atoms with Crippen LogP contribution in [0.5, 0.6) is 11.5 Å². The maximum Gasteiger partial charge on any atom is 0.225 e. The molecule has 1 heterocycles. The minimum absolute atomic E-state index is 0.00193. The number of nitro groups is 1. The molecule has 2 aliphatic rings. The van der Waals surface area contributed by atoms with E-state index in [2.05, 4.69) is 0 Å². The number of hydrogen-bond donors (Lipinski definition) is 1. The van der Waals surface area contributed by atoms with Crippen LogP contribution >= 0.6 is 0 Å². The molecule has 0 bridgehead atoms. The van der Waals surface area contributed by atoms with Gasteiger partial charge < -0.3 is 19.5 Å². The maximum atomic E-state index is 12.5. The van der Waals surface area contributed by atoms with Crippen LogP contribution in [-0.2, 0) is 11.2 Å². The lowest BCUT2D eigenvalue weighted by molar-refractivity contribution is -0.491. The summed E-state index contributed by atoms with van der Waals surface area (Å²) in [5.41, 5.74) is -0.325. The maximum absolute atomic E-state index is 12.5. The number of hydrogen-bond acceptors (Lipinski definition) is 6. The van der Waals surface area contributed by atoms with E-state index in [4.69, 9.17) is 9.47 Å². The SMILES string of the molecule is COc1ccc(CCN2C(=O)CC3[C@H](C[N+](=O)[O-])[C@@H](C)C[C@@]32O)cc1OC. The highest BCUT2D eigenvalue weighted by molar-refractivity contribution is 5.80. The molecular weight excluding hydrogens is 352 g/mol. The van der Waals surface area contributed by atoms with Gasteiger partial charge in [0.15, 0.2) is 11.5 Å². The largest absolute Gasteiger partial charge is 0.493 e. The molecule has 148 valence electrons. The molecule has 1 aliphatic heterocycles. The van der Waals surface area contributed by atoms with Crippen molar-refractivity contribution in [1.82, 2.24) is 4.90 Å². The standard InChI is InChI=1S/C19H26N2O6/c1-12-10-19(23)15(14(12)11-21(24)25)9-18(22)20(19)7-6-13-4-5-16(26-2)17(8-13)27-3/h4-5,8,12,14-15,23H,6-7,9-11H2,1-3H3/t12-,14+,15?,19+/m0/s1. The molecule has 3 rings (SSSR count). The van der Waals surface area contributed by atoms with E-state index in [1.165, 1.54) is 4.90 Å². The van der Waals surface area contributed by atoms with Crippen LogP contribution < -0.4 is 9.47 Å². The molecular formula is C19H26N2O6. The first-order chi connectivity index (χ1) is 12.8. The Kier molecular flexibility index (Phi) is 5.28. The van der Waals surface area contributed by atoms with E-state index in [0.29, 0.717) is 30.9 Å². The van der Waals surface area contributed by atoms with Gasteiger partial charge in [-0.25, -0.2) is 0 Å². The molecule has 1 saturated carbocycles. The monoisotopic (exact) mass is 378 g/mol. The summed E-state index contributed by atoms with van der Waals surface area (Å²) in [7, 11) is 3.13. The Labute approximate surface area is 158 Å². The van der Waals surface area contributed by atoms with Crippen LogP contribution in [0.4, 0.5) is 0 Å². The van der Waals surface area contributed by atoms with Gasteiger partial charge in [-0.1, -0.05) is 13.0 Å². The molecule has 2 fully saturated rings. The predicted molar refractivity (Wildman–Crippen MR) is 97.2 cm³/mol. The van der Waals surface area contributed by atoms with Gasteiger partial charge in [-0.3, -0.25) is 14.9 Å². The minimum atomic E-state index is -1.28. The van der Waals surface area contributed by atoms with Crippen LogP contribution in [0.1, 0.15) is 25.3 Å². The summed E-state index contributed by atoms with van der Waals surface area (Å²) in [5, 5.41) is 22.2. The van der Waals surface area contributed by atoms with Crippen molar-refractivity contribution in [2.24, 2.45) is 17.8 Å². The van der Waals surface area contributed by atoms with Crippen molar-refractivity contribution in [3.05, 3.63) is 33.9 Å². The quantitative estimate of drug-likeness (QED) is 0.572. The molecule has 4 atom stereocenters. The molecule has 1 unspecified atom stereocenters. The number of carbonyl (C=O) groups is 1. The molecule has 1 saturated heterocycles. The Balaban J connectivity index is 1.74. The average molecular weight is 378 g/mol. The number of rotatable bonds is 7. The molecule has 1 aromatic carbocycles. The Morgan fingerprint density at radius 3 is 2.67 bits per heavy atom. The lowest BCUT2D eigenvalue weighted by atomic mass is 9.88. The summed E-state index contributed by atoms with van der Waals surface area (Å²) in [6.07, 6.45) is 1.11. The molecule has 8 heteroatoms. The van der Waals surface area contributed by atoms with Crippen molar-refractivity contribution >= 4 is 5.91 Å². The number of fused-ring (bicyclic) bond motifs is 1. The number of amides is 1. The Hall–Kier alpha value is -2.35. The first-order valence-electron chi connectivity index (χ1n) is 9.15. The fraction of sp³-hybridized carbons (Fsp3) is 0.632. The highest BCUT2D eigenvalue weighted by Gasteiger charge is 2.61. The van der Waals surface area contributed by atoms with Gasteiger partial charge in [0.2, 0.25) is 12.5 Å². The lowest BCUT2D eigenvalue weighted by Gasteiger charge is -2.34. The van der Waals surface area contributed by atoms with Gasteiger partial charge in [0.1, 0.15) is 5.72 Å². The first-order valence-corrected chi connectivity index (χ1v) is 9.15. The number of likely N-dealkylation sites (tertiary alicyclic amines) is 1. The average Bonchev–Trinajstić information content (AvgIpc) is 3.00. The van der Waals surface area contributed by atoms with Gasteiger partial charge in [0.05, 0.1) is 14.2 Å². The van der Waals surface area contributed by atoms with Crippen LogP contribution in [0.15, 0.2) is 18.2 Å². The van der Waals surface area contributed by atoms with E-state index in [1.807, 2.05) is 25.1 Å². The number of methoxy groups -OCH3 is 2. The van der Waals surface area contributed by atoms with Gasteiger partial charge in [-0.15, -0.1) is 0 Å². The van der Waals surface area contributed by atoms with Crippen LogP contribution in [-0.4, -0.2) is 53.9 Å². The van der Waals surface area contributed by atoms with E-state index < -0.39 is 5.72 Å². The highest BCUT2D eigenvalue weighted by atomic mass is 16.6. The van der Waals surface area contributed by atoms with Crippen molar-refractivity contribution in [3.63, 3.8) is 0 Å². The van der Waals surface area contributed by atoms with Crippen molar-refractivity contribution in [2.45, 2.75) is 31.9 Å². The molecule has 1 aliphatic carbocycles. The smallest absolute Gasteiger partial charge is 0.225 e. The fourth-order valence-electron chi connectivity index (χ4n) is 4.73. The van der Waals surface area contributed by atoms with E-state index in [0.717, 1.165) is 5.56 Å². The van der Waals surface area contributed by atoms with Crippen LogP contribution in [0, 0.1) is 27.9 Å². The number of benzene rings is 1. The second-order valence-electron chi connectivity index (χ2n) is 7.53. The molecule has 27 heavy (non-hydrogen) atoms. The summed E-state index contributed by atoms with van der Waals surface area (Å²) in [6.45, 7) is 2.08. The zero-order chi connectivity index (χ0) is 19.8. The summed E-state index contributed by atoms with van der Waals surface area (Å²) < 4.78 is 10.5. The summed E-state index contributed by atoms with van der Waals surface area (Å²) in [5.74, 6) is 0.449. The second-order valence-corrected chi connectivity index (χ2v) is 7.53. The van der Waals surface area contributed by atoms with Crippen molar-refractivity contribution in [2.75, 3.05) is 27.3 Å². The lowest BCUT2D eigenvalue weighted by Crippen LogP contribution is -2.48. The normalized spacial score (nSPS) is 29.7. The third-order valence-electron chi connectivity index (χ3n) is 6.06. The van der Waals surface area contributed by atoms with Crippen LogP contribution in [0.2, 0.25) is 0 Å². The van der Waals surface area contributed by atoms with Gasteiger partial charge >= 0.3 is 0 Å². The number of nitrogens with zero attached hydrogens (tertiary/aromatic N) is 2. The van der Waals surface area contributed by atoms with E-state index in [1.54, 1.807) is 14.2 Å². The summed E-state index contributed by atoms with van der Waals surface area (Å²) in [4.78, 5) is 24.7. The van der Waals surface area contributed by atoms with Crippen molar-refractivity contribution in [1.29, 1.82) is 0 Å². The molecule has 0 radical (unpaired) electrons. The third kappa shape index (κ3) is 3.45. The zero-order valence-corrected chi connectivity index (χ0v) is 15.9. The highest BCUT2D eigenvalue weighted by Crippen LogP contribution is 2.52. The number of ether oxygens (including phenoxy) is 2. The minimum Gasteiger partial charge on any atom is -0.493 e. The fourth-order valence-corrected chi connectivity index (χ4v) is 4.73. The molecule has 1 aromatic rings. The van der Waals surface area contributed by atoms with Crippen LogP contribution in [0.3, 0.4) is 0 Å². The van der Waals surface area contributed by atoms with Gasteiger partial charge in [0, 0.05) is 29.7 Å². The Bertz CT molecular complexity index is 739. The Morgan fingerprint density at radius 2 is 2.04 bits per heavy atom. The van der Waals surface area contributed by atoms with E-state index >= 15 is 0 Å². The number of carbonyl (C=O) groups excluding carboxylic acids is 1. The van der Waals surface area contributed by atoms with Crippen molar-refractivity contribution in [3.8, 4) is 11.5 Å². The van der Waals surface area contributed by atoms with Gasteiger partial charge in [-0.05, 0) is 36.5 Å². The van der Waals surface area contributed by atoms with Crippen LogP contribution in [0.25, 0.3) is 0 Å². The molecule has 0 spiro atoms. The first kappa shape index (κ1) is 19.4. The summed E-state index contributed by atoms with van der Waals surface area (Å²) in [6, 6.07) is 5.56. The molecule has 1 N–H and O–H groups in total. The van der Waals surface area contributed by atoms with Gasteiger partial charge in [-0.2, -0.15) is 0 Å². The molecule has 8 nitrogen and oxygen atoms in total. The van der Waals surface area contributed by atoms with Gasteiger partial charge in [0.25, 0.3) is 0 Å². The second kappa shape index (κ2) is 7.34. The summed E-state index contributed by atoms with van der Waals surface area (Å²) >= 11 is 0. The number of aliphatic hydroxyl groups is 1. The topological polar surface area (TPSA) is 102 Å². The molecule has 1 amide bonds. The van der Waals surface area contributed by atoms with E-state index in [-0.39, 0.29) is 41.5 Å². The third-order valence-corrected chi connectivity index (χ3v) is 6.06. The predicted octanol–water partition coefficient (Wildman–Crippen LogP) is 1.72. The van der Waals surface area contributed by atoms with E-state index in [9.17, 15) is 20.0 Å². The van der Waals surface area contributed by atoms with Crippen molar-refractivity contribution < 1.29 is 24.3 Å². The molecule has 0 aromatic heterocycles.